The third-order valence-corrected chi connectivity index (χ3v) is 2.39. The molecule has 0 aliphatic heterocycles. The van der Waals surface area contributed by atoms with Crippen LogP contribution in [0, 0.1) is 17.2 Å². The molecular weight excluding hydrogens is 152 g/mol. The van der Waals surface area contributed by atoms with Crippen molar-refractivity contribution in [2.45, 2.75) is 25.7 Å². The van der Waals surface area contributed by atoms with Crippen molar-refractivity contribution in [2.75, 3.05) is 13.6 Å². The SMILES string of the molecule is CN(CC#N)C(=O)C1CCCC1. The molecule has 0 bridgehead atoms. The lowest BCUT2D eigenvalue weighted by molar-refractivity contribution is -0.133. The van der Waals surface area contributed by atoms with E-state index in [1.807, 2.05) is 6.07 Å². The first-order valence-corrected chi connectivity index (χ1v) is 4.37. The number of carbonyl (C=O) groups excluding carboxylic acids is 1. The van der Waals surface area contributed by atoms with Gasteiger partial charge in [-0.05, 0) is 12.8 Å². The van der Waals surface area contributed by atoms with E-state index in [4.69, 9.17) is 5.26 Å². The smallest absolute Gasteiger partial charge is 0.226 e. The summed E-state index contributed by atoms with van der Waals surface area (Å²) in [5.41, 5.74) is 0. The molecule has 1 aliphatic carbocycles. The van der Waals surface area contributed by atoms with Crippen LogP contribution in [0.4, 0.5) is 0 Å². The molecule has 0 spiro atoms. The first-order chi connectivity index (χ1) is 5.75. The van der Waals surface area contributed by atoms with E-state index in [0.29, 0.717) is 0 Å². The highest BCUT2D eigenvalue weighted by atomic mass is 16.2. The highest BCUT2D eigenvalue weighted by Crippen LogP contribution is 2.25. The molecule has 0 atom stereocenters. The van der Waals surface area contributed by atoms with Gasteiger partial charge < -0.3 is 4.90 Å². The van der Waals surface area contributed by atoms with Crippen LogP contribution in [0.15, 0.2) is 0 Å². The van der Waals surface area contributed by atoms with Gasteiger partial charge in [0.25, 0.3) is 0 Å². The zero-order valence-corrected chi connectivity index (χ0v) is 7.42. The lowest BCUT2D eigenvalue weighted by Gasteiger charge is -2.17. The van der Waals surface area contributed by atoms with Crippen LogP contribution in [-0.4, -0.2) is 24.4 Å². The van der Waals surface area contributed by atoms with Gasteiger partial charge in [-0.3, -0.25) is 4.79 Å². The fourth-order valence-electron chi connectivity index (χ4n) is 1.67. The maximum Gasteiger partial charge on any atom is 0.226 e. The average Bonchev–Trinajstić information content (AvgIpc) is 2.55. The van der Waals surface area contributed by atoms with E-state index in [9.17, 15) is 4.79 Å². The van der Waals surface area contributed by atoms with E-state index in [2.05, 4.69) is 0 Å². The van der Waals surface area contributed by atoms with Gasteiger partial charge in [-0.15, -0.1) is 0 Å². The zero-order chi connectivity index (χ0) is 8.97. The van der Waals surface area contributed by atoms with E-state index >= 15 is 0 Å². The minimum absolute atomic E-state index is 0.147. The van der Waals surface area contributed by atoms with Crippen molar-refractivity contribution in [3.8, 4) is 6.07 Å². The van der Waals surface area contributed by atoms with E-state index in [-0.39, 0.29) is 18.4 Å². The minimum atomic E-state index is 0.147. The average molecular weight is 166 g/mol. The van der Waals surface area contributed by atoms with Crippen LogP contribution in [0.5, 0.6) is 0 Å². The van der Waals surface area contributed by atoms with Gasteiger partial charge in [-0.2, -0.15) is 5.26 Å². The molecule has 0 unspecified atom stereocenters. The molecule has 1 fully saturated rings. The molecule has 1 rings (SSSR count). The number of hydrogen-bond donors (Lipinski definition) is 0. The van der Waals surface area contributed by atoms with Gasteiger partial charge in [0.05, 0.1) is 6.07 Å². The van der Waals surface area contributed by atoms with Gasteiger partial charge in [-0.1, -0.05) is 12.8 Å². The van der Waals surface area contributed by atoms with Gasteiger partial charge >= 0.3 is 0 Å². The summed E-state index contributed by atoms with van der Waals surface area (Å²) >= 11 is 0. The van der Waals surface area contributed by atoms with Crippen molar-refractivity contribution in [2.24, 2.45) is 5.92 Å². The van der Waals surface area contributed by atoms with Gasteiger partial charge in [0.2, 0.25) is 5.91 Å². The molecule has 66 valence electrons. The summed E-state index contributed by atoms with van der Waals surface area (Å²) in [7, 11) is 1.70. The Morgan fingerprint density at radius 3 is 2.67 bits per heavy atom. The number of amides is 1. The fraction of sp³-hybridized carbons (Fsp3) is 0.778. The normalized spacial score (nSPS) is 17.3. The molecule has 0 N–H and O–H groups in total. The summed E-state index contributed by atoms with van der Waals surface area (Å²) < 4.78 is 0. The molecular formula is C9H14N2O. The topological polar surface area (TPSA) is 44.1 Å². The number of hydrogen-bond acceptors (Lipinski definition) is 2. The minimum Gasteiger partial charge on any atom is -0.332 e. The van der Waals surface area contributed by atoms with Crippen LogP contribution in [0.3, 0.4) is 0 Å². The van der Waals surface area contributed by atoms with E-state index in [0.717, 1.165) is 25.7 Å². The van der Waals surface area contributed by atoms with Crippen molar-refractivity contribution in [3.05, 3.63) is 0 Å². The molecule has 1 amide bonds. The molecule has 1 aliphatic rings. The van der Waals surface area contributed by atoms with Crippen molar-refractivity contribution in [1.82, 2.24) is 4.90 Å². The molecule has 0 aromatic carbocycles. The molecule has 0 heterocycles. The fourth-order valence-corrected chi connectivity index (χ4v) is 1.67. The van der Waals surface area contributed by atoms with Gasteiger partial charge in [0.15, 0.2) is 0 Å². The maximum atomic E-state index is 11.5. The quantitative estimate of drug-likeness (QED) is 0.578. The third kappa shape index (κ3) is 1.97. The molecule has 0 aromatic rings. The van der Waals surface area contributed by atoms with Gasteiger partial charge in [0.1, 0.15) is 6.54 Å². The maximum absolute atomic E-state index is 11.5. The second-order valence-corrected chi connectivity index (χ2v) is 3.33. The van der Waals surface area contributed by atoms with E-state index in [1.165, 1.54) is 4.90 Å². The van der Waals surface area contributed by atoms with Crippen LogP contribution >= 0.6 is 0 Å². The van der Waals surface area contributed by atoms with Crippen LogP contribution in [-0.2, 0) is 4.79 Å². The summed E-state index contributed by atoms with van der Waals surface area (Å²) in [5, 5.41) is 8.38. The molecule has 1 saturated carbocycles. The second kappa shape index (κ2) is 4.10. The van der Waals surface area contributed by atoms with Crippen molar-refractivity contribution in [3.63, 3.8) is 0 Å². The van der Waals surface area contributed by atoms with Gasteiger partial charge in [-0.25, -0.2) is 0 Å². The summed E-state index contributed by atoms with van der Waals surface area (Å²) in [6.45, 7) is 0.218. The summed E-state index contributed by atoms with van der Waals surface area (Å²) in [6.07, 6.45) is 4.34. The summed E-state index contributed by atoms with van der Waals surface area (Å²) in [5.74, 6) is 0.345. The standard InChI is InChI=1S/C9H14N2O/c1-11(7-6-10)9(12)8-4-2-3-5-8/h8H,2-5,7H2,1H3. The Kier molecular flexibility index (Phi) is 3.09. The third-order valence-electron chi connectivity index (χ3n) is 2.39. The zero-order valence-electron chi connectivity index (χ0n) is 7.42. The van der Waals surface area contributed by atoms with Crippen LogP contribution in [0.25, 0.3) is 0 Å². The second-order valence-electron chi connectivity index (χ2n) is 3.33. The van der Waals surface area contributed by atoms with Crippen molar-refractivity contribution in [1.29, 1.82) is 5.26 Å². The lowest BCUT2D eigenvalue weighted by atomic mass is 10.1. The lowest BCUT2D eigenvalue weighted by Crippen LogP contribution is -2.31. The molecule has 3 heteroatoms. The molecule has 0 saturated heterocycles. The van der Waals surface area contributed by atoms with E-state index < -0.39 is 0 Å². The number of nitriles is 1. The molecule has 12 heavy (non-hydrogen) atoms. The highest BCUT2D eigenvalue weighted by molar-refractivity contribution is 5.79. The number of rotatable bonds is 2. The molecule has 0 aromatic heterocycles. The largest absolute Gasteiger partial charge is 0.332 e. The summed E-state index contributed by atoms with van der Waals surface area (Å²) in [6, 6.07) is 1.98. The van der Waals surface area contributed by atoms with Crippen molar-refractivity contribution >= 4 is 5.91 Å². The first-order valence-electron chi connectivity index (χ1n) is 4.37. The predicted molar refractivity (Wildman–Crippen MR) is 45.2 cm³/mol. The number of nitrogens with zero attached hydrogens (tertiary/aromatic N) is 2. The Hall–Kier alpha value is -1.04. The van der Waals surface area contributed by atoms with Crippen LogP contribution in [0.2, 0.25) is 0 Å². The Labute approximate surface area is 73.0 Å². The monoisotopic (exact) mass is 166 g/mol. The molecule has 0 radical (unpaired) electrons. The van der Waals surface area contributed by atoms with Crippen LogP contribution in [0.1, 0.15) is 25.7 Å². The highest BCUT2D eigenvalue weighted by Gasteiger charge is 2.24. The van der Waals surface area contributed by atoms with E-state index in [1.54, 1.807) is 7.05 Å². The van der Waals surface area contributed by atoms with Crippen molar-refractivity contribution < 1.29 is 4.79 Å². The Morgan fingerprint density at radius 2 is 2.17 bits per heavy atom. The van der Waals surface area contributed by atoms with Gasteiger partial charge in [0, 0.05) is 13.0 Å². The Bertz CT molecular complexity index is 201. The molecule has 3 nitrogen and oxygen atoms in total. The predicted octanol–water partition coefficient (Wildman–Crippen LogP) is 1.16. The first kappa shape index (κ1) is 9.05. The number of carbonyl (C=O) groups is 1. The van der Waals surface area contributed by atoms with Crippen LogP contribution < -0.4 is 0 Å². The Balaban J connectivity index is 2.41. The summed E-state index contributed by atoms with van der Waals surface area (Å²) in [4.78, 5) is 13.0. The Morgan fingerprint density at radius 1 is 1.58 bits per heavy atom.